The maximum atomic E-state index is 13.0. The van der Waals surface area contributed by atoms with E-state index in [0.717, 1.165) is 17.4 Å². The molecule has 0 bridgehead atoms. The Morgan fingerprint density at radius 1 is 1.07 bits per heavy atom. The van der Waals surface area contributed by atoms with Gasteiger partial charge < -0.3 is 9.64 Å². The molecule has 7 nitrogen and oxygen atoms in total. The van der Waals surface area contributed by atoms with Gasteiger partial charge in [0, 0.05) is 25.4 Å². The molecule has 0 amide bonds. The number of alkyl halides is 3. The number of anilines is 1. The van der Waals surface area contributed by atoms with Crippen LogP contribution in [0.3, 0.4) is 0 Å². The van der Waals surface area contributed by atoms with Crippen molar-refractivity contribution in [3.63, 3.8) is 0 Å². The molecule has 0 spiro atoms. The minimum Gasteiger partial charge on any atom is -0.477 e. The second-order valence-electron chi connectivity index (χ2n) is 6.39. The van der Waals surface area contributed by atoms with Gasteiger partial charge in [-0.2, -0.15) is 17.7 Å². The van der Waals surface area contributed by atoms with Crippen LogP contribution in [0.1, 0.15) is 18.7 Å². The summed E-state index contributed by atoms with van der Waals surface area (Å²) >= 11 is 0. The van der Waals surface area contributed by atoms with E-state index in [4.69, 9.17) is 4.74 Å². The van der Waals surface area contributed by atoms with Gasteiger partial charge in [0.05, 0.1) is 6.61 Å². The maximum absolute atomic E-state index is 13.0. The van der Waals surface area contributed by atoms with E-state index in [-0.39, 0.29) is 5.65 Å². The van der Waals surface area contributed by atoms with Gasteiger partial charge in [-0.1, -0.05) is 6.07 Å². The highest BCUT2D eigenvalue weighted by atomic mass is 19.4. The number of fused-ring (bicyclic) bond motifs is 1. The van der Waals surface area contributed by atoms with Crippen molar-refractivity contribution in [2.75, 3.05) is 24.6 Å². The number of rotatable bonds is 4. The standard InChI is InChI=1S/C17H17F3N6O/c18-17(19,20)16-23-22-13-4-5-14(24-26(13)16)25-9-6-12(7-10-25)11-27-15-3-1-2-8-21-15/h1-5,8,12H,6-7,9-11H2. The Morgan fingerprint density at radius 3 is 2.59 bits per heavy atom. The van der Waals surface area contributed by atoms with Gasteiger partial charge >= 0.3 is 6.18 Å². The second kappa shape index (κ2) is 7.01. The number of halogens is 3. The van der Waals surface area contributed by atoms with Crippen LogP contribution < -0.4 is 9.64 Å². The lowest BCUT2D eigenvalue weighted by Gasteiger charge is -2.32. The lowest BCUT2D eigenvalue weighted by Crippen LogP contribution is -2.36. The third-order valence-electron chi connectivity index (χ3n) is 4.55. The van der Waals surface area contributed by atoms with Crippen LogP contribution >= 0.6 is 0 Å². The zero-order valence-corrected chi connectivity index (χ0v) is 14.3. The van der Waals surface area contributed by atoms with E-state index >= 15 is 0 Å². The Bertz CT molecular complexity index is 906. The lowest BCUT2D eigenvalue weighted by atomic mass is 9.98. The molecule has 10 heteroatoms. The van der Waals surface area contributed by atoms with Crippen molar-refractivity contribution in [1.29, 1.82) is 0 Å². The van der Waals surface area contributed by atoms with Crippen molar-refractivity contribution in [1.82, 2.24) is 24.8 Å². The van der Waals surface area contributed by atoms with Crippen LogP contribution in [0.15, 0.2) is 36.5 Å². The predicted molar refractivity (Wildman–Crippen MR) is 90.5 cm³/mol. The largest absolute Gasteiger partial charge is 0.477 e. The molecule has 1 fully saturated rings. The summed E-state index contributed by atoms with van der Waals surface area (Å²) in [4.78, 5) is 6.10. The fourth-order valence-electron chi connectivity index (χ4n) is 3.09. The van der Waals surface area contributed by atoms with Crippen LogP contribution in [0.2, 0.25) is 0 Å². The molecular weight excluding hydrogens is 361 g/mol. The summed E-state index contributed by atoms with van der Waals surface area (Å²) in [6.07, 6.45) is -1.19. The van der Waals surface area contributed by atoms with Crippen LogP contribution in [0.25, 0.3) is 5.65 Å². The molecule has 4 rings (SSSR count). The Hall–Kier alpha value is -2.91. The molecule has 1 saturated heterocycles. The summed E-state index contributed by atoms with van der Waals surface area (Å²) in [5, 5.41) is 10.8. The summed E-state index contributed by atoms with van der Waals surface area (Å²) in [6.45, 7) is 1.96. The van der Waals surface area contributed by atoms with Gasteiger partial charge in [0.25, 0.3) is 5.82 Å². The third-order valence-corrected chi connectivity index (χ3v) is 4.55. The van der Waals surface area contributed by atoms with Gasteiger partial charge in [0.15, 0.2) is 5.65 Å². The van der Waals surface area contributed by atoms with Gasteiger partial charge in [-0.25, -0.2) is 4.98 Å². The molecule has 0 radical (unpaired) electrons. The molecule has 142 valence electrons. The van der Waals surface area contributed by atoms with Gasteiger partial charge in [-0.05, 0) is 37.0 Å². The van der Waals surface area contributed by atoms with E-state index in [9.17, 15) is 13.2 Å². The predicted octanol–water partition coefficient (Wildman–Crippen LogP) is 2.83. The molecule has 1 aliphatic heterocycles. The third kappa shape index (κ3) is 3.79. The Labute approximate surface area is 152 Å². The van der Waals surface area contributed by atoms with Crippen molar-refractivity contribution in [2.45, 2.75) is 19.0 Å². The van der Waals surface area contributed by atoms with E-state index in [0.29, 0.717) is 37.3 Å². The first-order valence-electron chi connectivity index (χ1n) is 8.59. The van der Waals surface area contributed by atoms with Gasteiger partial charge in [-0.3, -0.25) is 0 Å². The quantitative estimate of drug-likeness (QED) is 0.696. The molecule has 4 heterocycles. The topological polar surface area (TPSA) is 68.4 Å². The molecule has 0 atom stereocenters. The first-order valence-corrected chi connectivity index (χ1v) is 8.59. The Morgan fingerprint density at radius 2 is 1.89 bits per heavy atom. The highest BCUT2D eigenvalue weighted by Crippen LogP contribution is 2.28. The molecular formula is C17H17F3N6O. The molecule has 1 aliphatic rings. The number of hydrogen-bond acceptors (Lipinski definition) is 6. The number of aromatic nitrogens is 5. The fourth-order valence-corrected chi connectivity index (χ4v) is 3.09. The van der Waals surface area contributed by atoms with Crippen molar-refractivity contribution in [2.24, 2.45) is 5.92 Å². The summed E-state index contributed by atoms with van der Waals surface area (Å²) in [5.74, 6) is 0.335. The summed E-state index contributed by atoms with van der Waals surface area (Å²) in [7, 11) is 0. The Balaban J connectivity index is 1.40. The van der Waals surface area contributed by atoms with Gasteiger partial charge in [0.1, 0.15) is 5.82 Å². The van der Waals surface area contributed by atoms with E-state index in [1.807, 2.05) is 23.1 Å². The zero-order chi connectivity index (χ0) is 18.9. The normalized spacial score (nSPS) is 16.0. The number of nitrogens with zero attached hydrogens (tertiary/aromatic N) is 6. The minimum atomic E-state index is -4.60. The smallest absolute Gasteiger partial charge is 0.453 e. The second-order valence-corrected chi connectivity index (χ2v) is 6.39. The Kier molecular flexibility index (Phi) is 4.54. The van der Waals surface area contributed by atoms with Crippen molar-refractivity contribution in [3.8, 4) is 5.88 Å². The van der Waals surface area contributed by atoms with Crippen LogP contribution in [0.5, 0.6) is 5.88 Å². The van der Waals surface area contributed by atoms with Crippen LogP contribution in [-0.2, 0) is 6.18 Å². The summed E-state index contributed by atoms with van der Waals surface area (Å²) < 4.78 is 45.5. The zero-order valence-electron chi connectivity index (χ0n) is 14.3. The molecule has 0 unspecified atom stereocenters. The molecule has 3 aromatic heterocycles. The SMILES string of the molecule is FC(F)(F)c1nnc2ccc(N3CCC(COc4ccccn4)CC3)nn12. The monoisotopic (exact) mass is 378 g/mol. The van der Waals surface area contributed by atoms with Crippen molar-refractivity contribution in [3.05, 3.63) is 42.4 Å². The first kappa shape index (κ1) is 17.5. The first-order chi connectivity index (χ1) is 13.0. The van der Waals surface area contributed by atoms with Crippen LogP contribution in [0, 0.1) is 5.92 Å². The summed E-state index contributed by atoms with van der Waals surface area (Å²) in [5.41, 5.74) is 0.0738. The average Bonchev–Trinajstić information content (AvgIpc) is 3.11. The van der Waals surface area contributed by atoms with Gasteiger partial charge in [0.2, 0.25) is 5.88 Å². The molecule has 0 N–H and O–H groups in total. The van der Waals surface area contributed by atoms with Crippen molar-refractivity contribution >= 4 is 11.5 Å². The fraction of sp³-hybridized carbons (Fsp3) is 0.412. The highest BCUT2D eigenvalue weighted by molar-refractivity contribution is 5.46. The van der Waals surface area contributed by atoms with E-state index in [1.54, 1.807) is 12.3 Å². The molecule has 27 heavy (non-hydrogen) atoms. The highest BCUT2D eigenvalue weighted by Gasteiger charge is 2.37. The number of hydrogen-bond donors (Lipinski definition) is 0. The number of piperidine rings is 1. The average molecular weight is 378 g/mol. The van der Waals surface area contributed by atoms with E-state index in [2.05, 4.69) is 20.3 Å². The van der Waals surface area contributed by atoms with Gasteiger partial charge in [-0.15, -0.1) is 15.3 Å². The van der Waals surface area contributed by atoms with E-state index < -0.39 is 12.0 Å². The van der Waals surface area contributed by atoms with Crippen LogP contribution in [0.4, 0.5) is 19.0 Å². The molecule has 0 aromatic carbocycles. The molecule has 3 aromatic rings. The number of ether oxygens (including phenoxy) is 1. The van der Waals surface area contributed by atoms with Crippen LogP contribution in [-0.4, -0.2) is 44.5 Å². The van der Waals surface area contributed by atoms with Crippen molar-refractivity contribution < 1.29 is 17.9 Å². The lowest BCUT2D eigenvalue weighted by molar-refractivity contribution is -0.146. The molecule has 0 saturated carbocycles. The molecule has 0 aliphatic carbocycles. The minimum absolute atomic E-state index is 0.0738. The maximum Gasteiger partial charge on any atom is 0.453 e. The van der Waals surface area contributed by atoms with E-state index in [1.165, 1.54) is 6.07 Å². The summed E-state index contributed by atoms with van der Waals surface area (Å²) in [6, 6.07) is 8.68. The number of pyridine rings is 1.